The van der Waals surface area contributed by atoms with Crippen LogP contribution in [0.2, 0.25) is 0 Å². The first-order valence-corrected chi connectivity index (χ1v) is 7.47. The lowest BCUT2D eigenvalue weighted by Gasteiger charge is -2.05. The molecule has 0 aliphatic rings. The van der Waals surface area contributed by atoms with Crippen LogP contribution < -0.4 is 0 Å². The first kappa shape index (κ1) is 14.1. The SMILES string of the molecule is CSC(SC)=C(C=O)C(=O)c1ccc(C)cc1. The van der Waals surface area contributed by atoms with Crippen molar-refractivity contribution in [2.75, 3.05) is 12.5 Å². The molecule has 0 amide bonds. The van der Waals surface area contributed by atoms with Crippen molar-refractivity contribution in [3.8, 4) is 0 Å². The van der Waals surface area contributed by atoms with Gasteiger partial charge < -0.3 is 0 Å². The molecule has 1 rings (SSSR count). The van der Waals surface area contributed by atoms with E-state index in [1.807, 2.05) is 31.6 Å². The van der Waals surface area contributed by atoms with E-state index in [2.05, 4.69) is 0 Å². The molecule has 0 N–H and O–H groups in total. The fourth-order valence-corrected chi connectivity index (χ4v) is 2.75. The van der Waals surface area contributed by atoms with Gasteiger partial charge in [0.25, 0.3) is 0 Å². The van der Waals surface area contributed by atoms with Gasteiger partial charge in [0.15, 0.2) is 12.1 Å². The number of carbonyl (C=O) groups is 2. The molecular formula is C13H14O2S2. The number of carbonyl (C=O) groups excluding carboxylic acids is 2. The fourth-order valence-electron chi connectivity index (χ4n) is 1.36. The summed E-state index contributed by atoms with van der Waals surface area (Å²) < 4.78 is 0.755. The molecule has 90 valence electrons. The Balaban J connectivity index is 3.14. The quantitative estimate of drug-likeness (QED) is 0.269. The van der Waals surface area contributed by atoms with E-state index >= 15 is 0 Å². The van der Waals surface area contributed by atoms with Gasteiger partial charge in [0.2, 0.25) is 0 Å². The molecule has 17 heavy (non-hydrogen) atoms. The van der Waals surface area contributed by atoms with E-state index < -0.39 is 0 Å². The molecule has 4 heteroatoms. The van der Waals surface area contributed by atoms with Crippen LogP contribution in [0.1, 0.15) is 15.9 Å². The first-order chi connectivity index (χ1) is 8.13. The summed E-state index contributed by atoms with van der Waals surface area (Å²) in [6.45, 7) is 1.96. The molecule has 0 saturated heterocycles. The summed E-state index contributed by atoms with van der Waals surface area (Å²) in [4.78, 5) is 23.2. The van der Waals surface area contributed by atoms with Crippen molar-refractivity contribution in [3.05, 3.63) is 45.2 Å². The van der Waals surface area contributed by atoms with Crippen LogP contribution in [-0.4, -0.2) is 24.6 Å². The third-order valence-electron chi connectivity index (χ3n) is 2.27. The van der Waals surface area contributed by atoms with Crippen LogP contribution in [0.5, 0.6) is 0 Å². The van der Waals surface area contributed by atoms with Crippen molar-refractivity contribution in [2.24, 2.45) is 0 Å². The molecular weight excluding hydrogens is 252 g/mol. The number of rotatable bonds is 5. The van der Waals surface area contributed by atoms with Crippen LogP contribution in [0.15, 0.2) is 34.1 Å². The van der Waals surface area contributed by atoms with Gasteiger partial charge in [-0.1, -0.05) is 29.8 Å². The zero-order valence-electron chi connectivity index (χ0n) is 10.0. The highest BCUT2D eigenvalue weighted by atomic mass is 32.2. The Morgan fingerprint density at radius 1 is 1.12 bits per heavy atom. The Morgan fingerprint density at radius 3 is 2.06 bits per heavy atom. The molecule has 2 nitrogen and oxygen atoms in total. The van der Waals surface area contributed by atoms with Crippen molar-refractivity contribution < 1.29 is 9.59 Å². The molecule has 0 unspecified atom stereocenters. The second-order valence-electron chi connectivity index (χ2n) is 3.42. The zero-order valence-corrected chi connectivity index (χ0v) is 11.7. The van der Waals surface area contributed by atoms with Crippen molar-refractivity contribution in [1.82, 2.24) is 0 Å². The number of hydrogen-bond donors (Lipinski definition) is 0. The summed E-state index contributed by atoms with van der Waals surface area (Å²) in [6.07, 6.45) is 4.36. The van der Waals surface area contributed by atoms with Crippen LogP contribution in [0.3, 0.4) is 0 Å². The largest absolute Gasteiger partial charge is 0.298 e. The number of ketones is 1. The smallest absolute Gasteiger partial charge is 0.197 e. The monoisotopic (exact) mass is 266 g/mol. The van der Waals surface area contributed by atoms with Gasteiger partial charge in [-0.25, -0.2) is 0 Å². The Bertz CT molecular complexity index is 441. The fraction of sp³-hybridized carbons (Fsp3) is 0.231. The maximum atomic E-state index is 12.1. The van der Waals surface area contributed by atoms with Gasteiger partial charge >= 0.3 is 0 Å². The molecule has 1 aromatic carbocycles. The Morgan fingerprint density at radius 2 is 1.65 bits per heavy atom. The predicted octanol–water partition coefficient (Wildman–Crippen LogP) is 3.31. The van der Waals surface area contributed by atoms with E-state index in [0.29, 0.717) is 11.8 Å². The van der Waals surface area contributed by atoms with Gasteiger partial charge in [0.1, 0.15) is 0 Å². The molecule has 0 atom stereocenters. The summed E-state index contributed by atoms with van der Waals surface area (Å²) in [5.74, 6) is -0.210. The van der Waals surface area contributed by atoms with E-state index in [1.54, 1.807) is 12.1 Å². The minimum absolute atomic E-state index is 0.210. The van der Waals surface area contributed by atoms with E-state index in [-0.39, 0.29) is 11.4 Å². The highest BCUT2D eigenvalue weighted by Gasteiger charge is 2.15. The van der Waals surface area contributed by atoms with Crippen LogP contribution in [0.4, 0.5) is 0 Å². The molecule has 0 saturated carbocycles. The maximum absolute atomic E-state index is 12.1. The second-order valence-corrected chi connectivity index (χ2v) is 5.31. The lowest BCUT2D eigenvalue weighted by Crippen LogP contribution is -2.06. The molecule has 0 radical (unpaired) electrons. The summed E-state index contributed by atoms with van der Waals surface area (Å²) in [7, 11) is 0. The minimum Gasteiger partial charge on any atom is -0.298 e. The highest BCUT2D eigenvalue weighted by molar-refractivity contribution is 8.21. The number of aldehydes is 1. The second kappa shape index (κ2) is 6.67. The average molecular weight is 266 g/mol. The molecule has 0 aliphatic heterocycles. The number of allylic oxidation sites excluding steroid dienone is 1. The summed E-state index contributed by atoms with van der Waals surface area (Å²) in [5.41, 5.74) is 1.89. The van der Waals surface area contributed by atoms with Gasteiger partial charge in [-0.15, -0.1) is 23.5 Å². The van der Waals surface area contributed by atoms with Crippen molar-refractivity contribution in [1.29, 1.82) is 0 Å². The number of Topliss-reactive ketones (excluding diaryl/α,β-unsaturated/α-hetero) is 1. The van der Waals surface area contributed by atoms with Crippen molar-refractivity contribution in [2.45, 2.75) is 6.92 Å². The molecule has 0 bridgehead atoms. The standard InChI is InChI=1S/C13H14O2S2/c1-9-4-6-10(7-5-9)12(15)11(8-14)13(16-2)17-3/h4-8H,1-3H3. The maximum Gasteiger partial charge on any atom is 0.197 e. The topological polar surface area (TPSA) is 34.1 Å². The summed E-state index contributed by atoms with van der Waals surface area (Å²) in [5, 5.41) is 0. The summed E-state index contributed by atoms with van der Waals surface area (Å²) in [6, 6.07) is 7.24. The van der Waals surface area contributed by atoms with E-state index in [0.717, 1.165) is 9.80 Å². The molecule has 0 heterocycles. The molecule has 0 fully saturated rings. The van der Waals surface area contributed by atoms with Gasteiger partial charge in [0.05, 0.1) is 9.81 Å². The number of aryl methyl sites for hydroxylation is 1. The lowest BCUT2D eigenvalue weighted by atomic mass is 10.0. The predicted molar refractivity (Wildman–Crippen MR) is 75.6 cm³/mol. The van der Waals surface area contributed by atoms with Crippen molar-refractivity contribution >= 4 is 35.6 Å². The normalized spacial score (nSPS) is 9.82. The molecule has 0 aromatic heterocycles. The third kappa shape index (κ3) is 3.48. The van der Waals surface area contributed by atoms with Gasteiger partial charge in [-0.2, -0.15) is 0 Å². The Hall–Kier alpha value is -1.00. The van der Waals surface area contributed by atoms with E-state index in [1.165, 1.54) is 23.5 Å². The van der Waals surface area contributed by atoms with Crippen LogP contribution in [0.25, 0.3) is 0 Å². The number of benzene rings is 1. The van der Waals surface area contributed by atoms with Crippen molar-refractivity contribution in [3.63, 3.8) is 0 Å². The minimum atomic E-state index is -0.210. The highest BCUT2D eigenvalue weighted by Crippen LogP contribution is 2.28. The Labute approximate surface area is 110 Å². The third-order valence-corrected chi connectivity index (χ3v) is 4.45. The zero-order chi connectivity index (χ0) is 12.8. The van der Waals surface area contributed by atoms with Gasteiger partial charge in [0, 0.05) is 5.56 Å². The first-order valence-electron chi connectivity index (χ1n) is 5.02. The molecule has 0 aliphatic carbocycles. The summed E-state index contributed by atoms with van der Waals surface area (Å²) >= 11 is 2.84. The van der Waals surface area contributed by atoms with Gasteiger partial charge in [-0.3, -0.25) is 9.59 Å². The van der Waals surface area contributed by atoms with Crippen LogP contribution in [-0.2, 0) is 4.79 Å². The molecule has 0 spiro atoms. The molecule has 1 aromatic rings. The number of thioether (sulfide) groups is 2. The average Bonchev–Trinajstić information content (AvgIpc) is 2.36. The Kier molecular flexibility index (Phi) is 5.51. The van der Waals surface area contributed by atoms with Crippen LogP contribution in [0, 0.1) is 6.92 Å². The van der Waals surface area contributed by atoms with E-state index in [4.69, 9.17) is 0 Å². The van der Waals surface area contributed by atoms with Gasteiger partial charge in [-0.05, 0) is 19.4 Å². The lowest BCUT2D eigenvalue weighted by molar-refractivity contribution is -0.104. The number of hydrogen-bond acceptors (Lipinski definition) is 4. The van der Waals surface area contributed by atoms with Crippen LogP contribution >= 0.6 is 23.5 Å². The van der Waals surface area contributed by atoms with E-state index in [9.17, 15) is 9.59 Å².